The molecule has 2 aromatic rings. The number of carbonyl (C=O) groups is 2. The van der Waals surface area contributed by atoms with E-state index in [9.17, 15) is 14.4 Å². The fourth-order valence-electron chi connectivity index (χ4n) is 2.39. The number of benzene rings is 1. The minimum absolute atomic E-state index is 0.0320. The summed E-state index contributed by atoms with van der Waals surface area (Å²) >= 11 is 0. The number of rotatable bonds is 7. The smallest absolute Gasteiger partial charge is 0.408 e. The Morgan fingerprint density at radius 2 is 2.00 bits per heavy atom. The van der Waals surface area contributed by atoms with Gasteiger partial charge in [0, 0.05) is 26.1 Å². The van der Waals surface area contributed by atoms with E-state index in [1.54, 1.807) is 18.2 Å². The number of oxazole rings is 1. The third-order valence-corrected chi connectivity index (χ3v) is 3.57. The molecule has 0 saturated heterocycles. The molecule has 0 saturated carbocycles. The van der Waals surface area contributed by atoms with Crippen LogP contribution in [0.15, 0.2) is 33.5 Å². The van der Waals surface area contributed by atoms with E-state index in [1.807, 2.05) is 19.9 Å². The molecule has 1 heterocycles. The molecule has 0 aliphatic heterocycles. The Kier molecular flexibility index (Phi) is 5.56. The van der Waals surface area contributed by atoms with Crippen molar-refractivity contribution >= 4 is 22.9 Å². The van der Waals surface area contributed by atoms with E-state index in [0.717, 1.165) is 0 Å². The Morgan fingerprint density at radius 1 is 1.26 bits per heavy atom. The molecule has 23 heavy (non-hydrogen) atoms. The zero-order chi connectivity index (χ0) is 16.8. The number of aryl methyl sites for hydroxylation is 1. The Bertz CT molecular complexity index is 747. The Hall–Kier alpha value is -2.57. The second kappa shape index (κ2) is 7.62. The van der Waals surface area contributed by atoms with Crippen LogP contribution in [0, 0.1) is 0 Å². The van der Waals surface area contributed by atoms with Gasteiger partial charge in [-0.25, -0.2) is 4.79 Å². The lowest BCUT2D eigenvalue weighted by atomic mass is 10.3. The van der Waals surface area contributed by atoms with Gasteiger partial charge in [0.1, 0.15) is 0 Å². The largest absolute Gasteiger partial charge is 0.419 e. The van der Waals surface area contributed by atoms with Crippen molar-refractivity contribution < 1.29 is 14.0 Å². The average molecular weight is 319 g/mol. The van der Waals surface area contributed by atoms with Gasteiger partial charge in [-0.05, 0) is 26.0 Å². The molecule has 0 aliphatic rings. The highest BCUT2D eigenvalue weighted by molar-refractivity contribution is 5.84. The van der Waals surface area contributed by atoms with Gasteiger partial charge in [-0.2, -0.15) is 0 Å². The number of amides is 2. The minimum Gasteiger partial charge on any atom is -0.408 e. The lowest BCUT2D eigenvalue weighted by Gasteiger charge is -2.20. The van der Waals surface area contributed by atoms with Crippen molar-refractivity contribution in [3.05, 3.63) is 34.8 Å². The molecule has 2 rings (SSSR count). The number of para-hydroxylation sites is 2. The molecule has 0 spiro atoms. The van der Waals surface area contributed by atoms with Crippen LogP contribution >= 0.6 is 0 Å². The van der Waals surface area contributed by atoms with Crippen LogP contribution in [0.25, 0.3) is 11.1 Å². The van der Waals surface area contributed by atoms with Gasteiger partial charge in [-0.1, -0.05) is 12.1 Å². The topological polar surface area (TPSA) is 84.5 Å². The molecule has 0 unspecified atom stereocenters. The normalized spacial score (nSPS) is 10.7. The summed E-state index contributed by atoms with van der Waals surface area (Å²) in [4.78, 5) is 37.2. The predicted molar refractivity (Wildman–Crippen MR) is 86.0 cm³/mol. The Morgan fingerprint density at radius 3 is 2.70 bits per heavy atom. The third kappa shape index (κ3) is 4.00. The first-order chi connectivity index (χ1) is 11.1. The van der Waals surface area contributed by atoms with Crippen molar-refractivity contribution in [2.45, 2.75) is 26.8 Å². The lowest BCUT2D eigenvalue weighted by molar-refractivity contribution is -0.136. The van der Waals surface area contributed by atoms with Crippen LogP contribution in [-0.2, 0) is 16.1 Å². The summed E-state index contributed by atoms with van der Waals surface area (Å²) in [6.07, 6.45) is 0.136. The van der Waals surface area contributed by atoms with Gasteiger partial charge in [0.05, 0.1) is 12.1 Å². The Balaban J connectivity index is 2.03. The summed E-state index contributed by atoms with van der Waals surface area (Å²) in [5.41, 5.74) is 1.16. The molecule has 0 aliphatic carbocycles. The molecule has 1 N–H and O–H groups in total. The van der Waals surface area contributed by atoms with Gasteiger partial charge in [0.15, 0.2) is 5.58 Å². The van der Waals surface area contributed by atoms with Gasteiger partial charge in [-0.15, -0.1) is 0 Å². The third-order valence-electron chi connectivity index (χ3n) is 3.57. The predicted octanol–water partition coefficient (Wildman–Crippen LogP) is 0.969. The van der Waals surface area contributed by atoms with E-state index in [4.69, 9.17) is 4.42 Å². The van der Waals surface area contributed by atoms with Crippen LogP contribution in [-0.4, -0.2) is 40.9 Å². The van der Waals surface area contributed by atoms with Gasteiger partial charge < -0.3 is 14.6 Å². The van der Waals surface area contributed by atoms with E-state index in [1.165, 1.54) is 9.47 Å². The number of hydrogen-bond acceptors (Lipinski definition) is 4. The van der Waals surface area contributed by atoms with Crippen molar-refractivity contribution in [3.8, 4) is 0 Å². The number of likely N-dealkylation sites (N-methyl/N-ethyl adjacent to an activating group) is 2. The fourth-order valence-corrected chi connectivity index (χ4v) is 2.39. The van der Waals surface area contributed by atoms with E-state index < -0.39 is 5.76 Å². The number of carbonyl (C=O) groups excluding carboxylic acids is 2. The summed E-state index contributed by atoms with van der Waals surface area (Å²) in [5, 5.41) is 2.67. The highest BCUT2D eigenvalue weighted by Gasteiger charge is 2.16. The van der Waals surface area contributed by atoms with Crippen LogP contribution in [0.1, 0.15) is 20.3 Å². The molecule has 1 aromatic carbocycles. The van der Waals surface area contributed by atoms with E-state index >= 15 is 0 Å². The summed E-state index contributed by atoms with van der Waals surface area (Å²) < 4.78 is 6.57. The van der Waals surface area contributed by atoms with Crippen molar-refractivity contribution in [1.82, 2.24) is 14.8 Å². The second-order valence-electron chi connectivity index (χ2n) is 5.10. The monoisotopic (exact) mass is 319 g/mol. The standard InChI is InChI=1S/C16H21N3O4/c1-3-17-14(20)11-18(4-2)15(21)9-10-19-12-7-5-6-8-13(12)23-16(19)22/h5-8H,3-4,9-11H2,1-2H3,(H,17,20). The Labute approximate surface area is 133 Å². The van der Waals surface area contributed by atoms with Crippen LogP contribution in [0.3, 0.4) is 0 Å². The number of hydrogen-bond donors (Lipinski definition) is 1. The van der Waals surface area contributed by atoms with Gasteiger partial charge >= 0.3 is 5.76 Å². The van der Waals surface area contributed by atoms with Crippen LogP contribution in [0.4, 0.5) is 0 Å². The molecular formula is C16H21N3O4. The molecule has 0 radical (unpaired) electrons. The first kappa shape index (κ1) is 16.8. The van der Waals surface area contributed by atoms with Crippen LogP contribution in [0.5, 0.6) is 0 Å². The zero-order valence-electron chi connectivity index (χ0n) is 13.4. The maximum Gasteiger partial charge on any atom is 0.419 e. The quantitative estimate of drug-likeness (QED) is 0.824. The van der Waals surface area contributed by atoms with Crippen molar-refractivity contribution in [3.63, 3.8) is 0 Å². The minimum atomic E-state index is -0.481. The highest BCUT2D eigenvalue weighted by atomic mass is 16.4. The van der Waals surface area contributed by atoms with Gasteiger partial charge in [0.2, 0.25) is 11.8 Å². The van der Waals surface area contributed by atoms with Crippen molar-refractivity contribution in [2.24, 2.45) is 0 Å². The summed E-state index contributed by atoms with van der Waals surface area (Å²) in [6, 6.07) is 7.08. The molecule has 7 heteroatoms. The molecule has 124 valence electrons. The van der Waals surface area contributed by atoms with E-state index in [0.29, 0.717) is 24.2 Å². The molecule has 0 fully saturated rings. The molecule has 0 bridgehead atoms. The zero-order valence-corrected chi connectivity index (χ0v) is 13.4. The maximum absolute atomic E-state index is 12.3. The molecule has 7 nitrogen and oxygen atoms in total. The van der Waals surface area contributed by atoms with Gasteiger partial charge in [-0.3, -0.25) is 14.2 Å². The number of nitrogens with one attached hydrogen (secondary N) is 1. The SMILES string of the molecule is CCNC(=O)CN(CC)C(=O)CCn1c(=O)oc2ccccc21. The summed E-state index contributed by atoms with van der Waals surface area (Å²) in [7, 11) is 0. The molecule has 1 aromatic heterocycles. The fraction of sp³-hybridized carbons (Fsp3) is 0.438. The van der Waals surface area contributed by atoms with Crippen LogP contribution in [0.2, 0.25) is 0 Å². The molecular weight excluding hydrogens is 298 g/mol. The first-order valence-electron chi connectivity index (χ1n) is 7.69. The van der Waals surface area contributed by atoms with Crippen molar-refractivity contribution in [2.75, 3.05) is 19.6 Å². The number of nitrogens with zero attached hydrogens (tertiary/aromatic N) is 2. The molecule has 2 amide bonds. The van der Waals surface area contributed by atoms with E-state index in [2.05, 4.69) is 5.32 Å². The van der Waals surface area contributed by atoms with Gasteiger partial charge in [0.25, 0.3) is 0 Å². The first-order valence-corrected chi connectivity index (χ1v) is 7.69. The van der Waals surface area contributed by atoms with E-state index in [-0.39, 0.29) is 31.3 Å². The number of fused-ring (bicyclic) bond motifs is 1. The summed E-state index contributed by atoms with van der Waals surface area (Å²) in [5.74, 6) is -0.838. The number of aromatic nitrogens is 1. The second-order valence-corrected chi connectivity index (χ2v) is 5.10. The average Bonchev–Trinajstić information content (AvgIpc) is 2.86. The lowest BCUT2D eigenvalue weighted by Crippen LogP contribution is -2.41. The maximum atomic E-state index is 12.3. The van der Waals surface area contributed by atoms with Crippen LogP contribution < -0.4 is 11.1 Å². The molecule has 0 atom stereocenters. The van der Waals surface area contributed by atoms with Crippen molar-refractivity contribution in [1.29, 1.82) is 0 Å². The summed E-state index contributed by atoms with van der Waals surface area (Å²) in [6.45, 7) is 4.87. The highest BCUT2D eigenvalue weighted by Crippen LogP contribution is 2.12.